The fraction of sp³-hybridized carbons (Fsp3) is 0.333. The Morgan fingerprint density at radius 2 is 1.41 bits per heavy atom. The third kappa shape index (κ3) is 4.67. The van der Waals surface area contributed by atoms with Crippen LogP contribution in [0.5, 0.6) is 0 Å². The largest absolute Gasteiger partial charge is 0.356 e. The normalized spacial score (nSPS) is 10.3. The number of H-pyrrole nitrogens is 1. The van der Waals surface area contributed by atoms with Crippen molar-refractivity contribution in [3.05, 3.63) is 90.8 Å². The maximum absolute atomic E-state index is 13.3. The molecule has 0 unspecified atom stereocenters. The van der Waals surface area contributed by atoms with Crippen LogP contribution in [0.1, 0.15) is 55.4 Å². The number of hydrogen-bond acceptors (Lipinski definition) is 2. The highest BCUT2D eigenvalue weighted by atomic mass is 16.2. The summed E-state index contributed by atoms with van der Waals surface area (Å²) in [6.07, 6.45) is 2.12. The first-order chi connectivity index (χ1) is 13.6. The molecule has 1 heterocycles. The number of aromatic amines is 1. The van der Waals surface area contributed by atoms with Crippen LogP contribution >= 0.6 is 0 Å². The van der Waals surface area contributed by atoms with Gasteiger partial charge in [0.2, 0.25) is 0 Å². The van der Waals surface area contributed by atoms with Crippen LogP contribution in [0, 0.1) is 0 Å². The first kappa shape index (κ1) is 22.2. The second kappa shape index (κ2) is 8.95. The van der Waals surface area contributed by atoms with Gasteiger partial charge >= 0.3 is 11.4 Å². The Labute approximate surface area is 172 Å². The van der Waals surface area contributed by atoms with Gasteiger partial charge in [0, 0.05) is 5.57 Å². The molecule has 0 aliphatic heterocycles. The van der Waals surface area contributed by atoms with Gasteiger partial charge in [0.25, 0.3) is 0 Å². The van der Waals surface area contributed by atoms with E-state index in [9.17, 15) is 9.59 Å². The minimum Gasteiger partial charge on any atom is -0.246 e. The van der Waals surface area contributed by atoms with Crippen molar-refractivity contribution >= 4 is 5.70 Å². The van der Waals surface area contributed by atoms with E-state index in [0.717, 1.165) is 38.0 Å². The first-order valence-electron chi connectivity index (χ1n) is 9.74. The van der Waals surface area contributed by atoms with Gasteiger partial charge in [0.15, 0.2) is 0 Å². The van der Waals surface area contributed by atoms with Crippen LogP contribution in [0.2, 0.25) is 0 Å². The van der Waals surface area contributed by atoms with Crippen LogP contribution in [0.15, 0.2) is 79.4 Å². The highest BCUT2D eigenvalue weighted by Crippen LogP contribution is 2.31. The van der Waals surface area contributed by atoms with E-state index < -0.39 is 11.4 Å². The molecule has 5 heteroatoms. The average Bonchev–Trinajstić information content (AvgIpc) is 2.91. The molecule has 1 aromatic heterocycles. The van der Waals surface area contributed by atoms with Gasteiger partial charge in [-0.2, -0.15) is 4.68 Å². The highest BCUT2D eigenvalue weighted by Gasteiger charge is 2.21. The number of benzene rings is 1. The second-order valence-electron chi connectivity index (χ2n) is 8.06. The lowest BCUT2D eigenvalue weighted by atomic mass is 9.91. The van der Waals surface area contributed by atoms with Crippen molar-refractivity contribution in [2.45, 2.75) is 55.4 Å². The summed E-state index contributed by atoms with van der Waals surface area (Å²) in [5.41, 5.74) is 6.67. The number of allylic oxidation sites excluding steroid dienone is 8. The van der Waals surface area contributed by atoms with Crippen molar-refractivity contribution < 1.29 is 0 Å². The summed E-state index contributed by atoms with van der Waals surface area (Å²) in [6, 6.07) is 8.95. The van der Waals surface area contributed by atoms with Gasteiger partial charge in [-0.05, 0) is 78.7 Å². The lowest BCUT2D eigenvalue weighted by Gasteiger charge is -2.19. The number of rotatable bonds is 5. The standard InChI is InChI=1S/C24H31N3O2/c1-15(2)14-20(16(3)4)21(17(5)6)22(18(7)8)27-24(29)26(23(28)25-27)19-12-10-9-11-13-19/h9-14H,1-8H3,(H,25,28). The smallest absolute Gasteiger partial charge is 0.246 e. The molecule has 5 nitrogen and oxygen atoms in total. The Morgan fingerprint density at radius 3 is 1.86 bits per heavy atom. The van der Waals surface area contributed by atoms with E-state index in [1.54, 1.807) is 24.3 Å². The van der Waals surface area contributed by atoms with Crippen LogP contribution in [0.4, 0.5) is 0 Å². The Balaban J connectivity index is 2.87. The zero-order valence-corrected chi connectivity index (χ0v) is 18.7. The molecule has 0 bridgehead atoms. The number of aromatic nitrogens is 3. The van der Waals surface area contributed by atoms with E-state index >= 15 is 0 Å². The van der Waals surface area contributed by atoms with Gasteiger partial charge in [-0.15, -0.1) is 0 Å². The van der Waals surface area contributed by atoms with Crippen molar-refractivity contribution in [2.24, 2.45) is 0 Å². The van der Waals surface area contributed by atoms with E-state index in [1.165, 1.54) is 4.68 Å². The summed E-state index contributed by atoms with van der Waals surface area (Å²) in [5, 5.41) is 2.75. The fourth-order valence-corrected chi connectivity index (χ4v) is 3.31. The number of para-hydroxylation sites is 1. The van der Waals surface area contributed by atoms with Crippen molar-refractivity contribution in [1.82, 2.24) is 14.3 Å². The zero-order chi connectivity index (χ0) is 21.9. The highest BCUT2D eigenvalue weighted by molar-refractivity contribution is 5.76. The van der Waals surface area contributed by atoms with Crippen molar-refractivity contribution in [3.63, 3.8) is 0 Å². The van der Waals surface area contributed by atoms with Crippen LogP contribution in [-0.4, -0.2) is 14.3 Å². The maximum atomic E-state index is 13.3. The third-order valence-corrected chi connectivity index (χ3v) is 4.48. The van der Waals surface area contributed by atoms with E-state index in [-0.39, 0.29) is 0 Å². The molecule has 0 aliphatic rings. The molecule has 0 fully saturated rings. The van der Waals surface area contributed by atoms with Gasteiger partial charge in [0.1, 0.15) is 0 Å². The molecule has 0 aliphatic carbocycles. The predicted octanol–water partition coefficient (Wildman–Crippen LogP) is 5.22. The summed E-state index contributed by atoms with van der Waals surface area (Å²) in [7, 11) is 0. The molecule has 0 amide bonds. The summed E-state index contributed by atoms with van der Waals surface area (Å²) >= 11 is 0. The molecule has 154 valence electrons. The molecule has 0 saturated carbocycles. The molecule has 0 atom stereocenters. The molecule has 0 saturated heterocycles. The summed E-state index contributed by atoms with van der Waals surface area (Å²) < 4.78 is 2.53. The van der Waals surface area contributed by atoms with Crippen molar-refractivity contribution in [2.75, 3.05) is 0 Å². The molecule has 29 heavy (non-hydrogen) atoms. The Hall–Kier alpha value is -3.08. The molecular weight excluding hydrogens is 362 g/mol. The summed E-state index contributed by atoms with van der Waals surface area (Å²) in [6.45, 7) is 16.2. The topological polar surface area (TPSA) is 59.8 Å². The van der Waals surface area contributed by atoms with Gasteiger partial charge < -0.3 is 0 Å². The van der Waals surface area contributed by atoms with Crippen LogP contribution in [0.3, 0.4) is 0 Å². The van der Waals surface area contributed by atoms with Crippen LogP contribution < -0.4 is 11.4 Å². The minimum atomic E-state index is -0.464. The Kier molecular flexibility index (Phi) is 6.85. The minimum absolute atomic E-state index is 0.415. The van der Waals surface area contributed by atoms with Gasteiger partial charge in [-0.25, -0.2) is 19.3 Å². The molecule has 2 aromatic rings. The van der Waals surface area contributed by atoms with E-state index in [2.05, 4.69) is 25.0 Å². The number of nitrogens with zero attached hydrogens (tertiary/aromatic N) is 2. The first-order valence-corrected chi connectivity index (χ1v) is 9.74. The van der Waals surface area contributed by atoms with Gasteiger partial charge in [-0.1, -0.05) is 41.0 Å². The quantitative estimate of drug-likeness (QED) is 0.708. The predicted molar refractivity (Wildman–Crippen MR) is 121 cm³/mol. The Morgan fingerprint density at radius 1 is 0.828 bits per heavy atom. The number of nitrogens with one attached hydrogen (secondary N) is 1. The molecule has 0 spiro atoms. The van der Waals surface area contributed by atoms with E-state index in [4.69, 9.17) is 0 Å². The molecular formula is C24H31N3O2. The SMILES string of the molecule is CC(C)=CC(=C(C)C)C(=C(C)C)C(=C(C)C)n1[nH]c(=O)n(-c2ccccc2)c1=O. The lowest BCUT2D eigenvalue weighted by Crippen LogP contribution is -2.27. The molecule has 1 N–H and O–H groups in total. The van der Waals surface area contributed by atoms with Gasteiger partial charge in [0.05, 0.1) is 11.4 Å². The lowest BCUT2D eigenvalue weighted by molar-refractivity contribution is 0.836. The van der Waals surface area contributed by atoms with E-state index in [0.29, 0.717) is 11.4 Å². The summed E-state index contributed by atoms with van der Waals surface area (Å²) in [5.74, 6) is 0. The molecule has 0 radical (unpaired) electrons. The Bertz CT molecular complexity index is 1130. The van der Waals surface area contributed by atoms with Crippen LogP contribution in [0.25, 0.3) is 11.4 Å². The second-order valence-corrected chi connectivity index (χ2v) is 8.06. The summed E-state index contributed by atoms with van der Waals surface area (Å²) in [4.78, 5) is 26.0. The number of hydrogen-bond donors (Lipinski definition) is 1. The maximum Gasteiger partial charge on any atom is 0.356 e. The average molecular weight is 394 g/mol. The van der Waals surface area contributed by atoms with Crippen molar-refractivity contribution in [1.29, 1.82) is 0 Å². The third-order valence-electron chi connectivity index (χ3n) is 4.48. The zero-order valence-electron chi connectivity index (χ0n) is 18.7. The monoisotopic (exact) mass is 393 g/mol. The van der Waals surface area contributed by atoms with Gasteiger partial charge in [-0.3, -0.25) is 0 Å². The molecule has 2 rings (SSSR count). The van der Waals surface area contributed by atoms with Crippen LogP contribution in [-0.2, 0) is 0 Å². The van der Waals surface area contributed by atoms with E-state index in [1.807, 2.05) is 47.6 Å². The molecule has 1 aromatic carbocycles. The van der Waals surface area contributed by atoms with Crippen molar-refractivity contribution in [3.8, 4) is 5.69 Å². The fourth-order valence-electron chi connectivity index (χ4n) is 3.31.